The number of piperazine rings is 1. The second-order valence-corrected chi connectivity index (χ2v) is 9.23. The molecule has 0 unspecified atom stereocenters. The Kier molecular flexibility index (Phi) is 6.37. The largest absolute Gasteiger partial charge is 0.385 e. The van der Waals surface area contributed by atoms with E-state index in [1.54, 1.807) is 31.2 Å². The first-order chi connectivity index (χ1) is 13.3. The van der Waals surface area contributed by atoms with Gasteiger partial charge in [0.2, 0.25) is 10.0 Å². The highest BCUT2D eigenvalue weighted by Gasteiger charge is 2.27. The lowest BCUT2D eigenvalue weighted by molar-refractivity contribution is 0.222. The van der Waals surface area contributed by atoms with Crippen LogP contribution in [0.25, 0.3) is 11.1 Å². The fourth-order valence-electron chi connectivity index (χ4n) is 3.29. The Balaban J connectivity index is 1.85. The zero-order valence-electron chi connectivity index (χ0n) is 16.7. The Labute approximate surface area is 167 Å². The molecule has 0 bridgehead atoms. The number of anilines is 1. The van der Waals surface area contributed by atoms with Crippen LogP contribution < -0.4 is 5.32 Å². The maximum absolute atomic E-state index is 14.3. The molecule has 1 heterocycles. The summed E-state index contributed by atoms with van der Waals surface area (Å²) < 4.78 is 41.6. The first-order valence-electron chi connectivity index (χ1n) is 9.66. The summed E-state index contributed by atoms with van der Waals surface area (Å²) in [7, 11) is -1.51. The van der Waals surface area contributed by atoms with E-state index in [0.717, 1.165) is 42.9 Å². The summed E-state index contributed by atoms with van der Waals surface area (Å²) in [6, 6.07) is 10.1. The number of rotatable bonds is 6. The number of hydrogen-bond donors (Lipinski definition) is 1. The summed E-state index contributed by atoms with van der Waals surface area (Å²) >= 11 is 0. The fourth-order valence-corrected chi connectivity index (χ4v) is 4.71. The zero-order valence-corrected chi connectivity index (χ0v) is 17.5. The molecule has 1 aliphatic heterocycles. The van der Waals surface area contributed by atoms with Gasteiger partial charge in [0.25, 0.3) is 0 Å². The molecule has 1 N–H and O–H groups in total. The Morgan fingerprint density at radius 3 is 2.29 bits per heavy atom. The molecule has 0 aromatic heterocycles. The summed E-state index contributed by atoms with van der Waals surface area (Å²) in [6.45, 7) is 7.03. The molecule has 0 saturated carbocycles. The zero-order chi connectivity index (χ0) is 20.3. The van der Waals surface area contributed by atoms with Crippen molar-refractivity contribution in [1.82, 2.24) is 9.21 Å². The Morgan fingerprint density at radius 2 is 1.68 bits per heavy atom. The van der Waals surface area contributed by atoms with E-state index in [9.17, 15) is 12.8 Å². The first kappa shape index (κ1) is 20.8. The Bertz CT molecular complexity index is 921. The van der Waals surface area contributed by atoms with Crippen molar-refractivity contribution in [2.75, 3.05) is 45.1 Å². The fraction of sp³-hybridized carbons (Fsp3) is 0.429. The van der Waals surface area contributed by atoms with Gasteiger partial charge in [0.05, 0.1) is 4.90 Å². The average Bonchev–Trinajstić information content (AvgIpc) is 2.69. The van der Waals surface area contributed by atoms with Crippen LogP contribution in [0.3, 0.4) is 0 Å². The average molecular weight is 406 g/mol. The summed E-state index contributed by atoms with van der Waals surface area (Å²) in [5.74, 6) is -0.273. The molecule has 0 amide bonds. The molecule has 0 aliphatic carbocycles. The van der Waals surface area contributed by atoms with Crippen molar-refractivity contribution < 1.29 is 12.8 Å². The molecular weight excluding hydrogens is 377 g/mol. The van der Waals surface area contributed by atoms with Crippen LogP contribution in [0, 0.1) is 12.7 Å². The minimum atomic E-state index is -3.50. The van der Waals surface area contributed by atoms with Gasteiger partial charge in [-0.15, -0.1) is 0 Å². The van der Waals surface area contributed by atoms with E-state index >= 15 is 0 Å². The van der Waals surface area contributed by atoms with E-state index in [4.69, 9.17) is 0 Å². The van der Waals surface area contributed by atoms with Crippen molar-refractivity contribution in [3.8, 4) is 11.1 Å². The summed E-state index contributed by atoms with van der Waals surface area (Å²) in [5, 5.41) is 3.25. The standard InChI is InChI=1S/C21H28FN3O2S/c1-4-9-23-21-15-18(14-20(22)16(21)2)17-5-7-19(8-6-17)28(26,27)25-12-10-24(3)11-13-25/h5-8,14-15,23H,4,9-13H2,1-3H3. The topological polar surface area (TPSA) is 52.7 Å². The predicted octanol–water partition coefficient (Wildman–Crippen LogP) is 3.56. The third-order valence-corrected chi connectivity index (χ3v) is 7.11. The quantitative estimate of drug-likeness (QED) is 0.798. The molecule has 5 nitrogen and oxygen atoms in total. The second-order valence-electron chi connectivity index (χ2n) is 7.29. The van der Waals surface area contributed by atoms with Crippen molar-refractivity contribution in [1.29, 1.82) is 0 Å². The lowest BCUT2D eigenvalue weighted by Crippen LogP contribution is -2.46. The maximum Gasteiger partial charge on any atom is 0.243 e. The Hall–Kier alpha value is -1.96. The van der Waals surface area contributed by atoms with Gasteiger partial charge in [0.1, 0.15) is 5.82 Å². The van der Waals surface area contributed by atoms with E-state index < -0.39 is 10.0 Å². The van der Waals surface area contributed by atoms with Crippen LogP contribution in [0.1, 0.15) is 18.9 Å². The molecule has 0 radical (unpaired) electrons. The van der Waals surface area contributed by atoms with Crippen LogP contribution in [0.4, 0.5) is 10.1 Å². The van der Waals surface area contributed by atoms with Crippen molar-refractivity contribution >= 4 is 15.7 Å². The van der Waals surface area contributed by atoms with Crippen LogP contribution in [-0.4, -0.2) is 57.4 Å². The van der Waals surface area contributed by atoms with Gasteiger partial charge in [-0.25, -0.2) is 12.8 Å². The monoisotopic (exact) mass is 405 g/mol. The van der Waals surface area contributed by atoms with Gasteiger partial charge < -0.3 is 10.2 Å². The van der Waals surface area contributed by atoms with Crippen LogP contribution in [-0.2, 0) is 10.0 Å². The molecule has 2 aromatic rings. The highest BCUT2D eigenvalue weighted by molar-refractivity contribution is 7.89. The summed E-state index contributed by atoms with van der Waals surface area (Å²) in [5.41, 5.74) is 2.87. The van der Waals surface area contributed by atoms with Gasteiger partial charge in [-0.3, -0.25) is 0 Å². The lowest BCUT2D eigenvalue weighted by atomic mass is 10.0. The number of hydrogen-bond acceptors (Lipinski definition) is 4. The molecule has 1 fully saturated rings. The van der Waals surface area contributed by atoms with Gasteiger partial charge in [-0.2, -0.15) is 4.31 Å². The molecular formula is C21H28FN3O2S. The van der Waals surface area contributed by atoms with Crippen molar-refractivity contribution in [2.24, 2.45) is 0 Å². The van der Waals surface area contributed by atoms with Crippen LogP contribution in [0.5, 0.6) is 0 Å². The van der Waals surface area contributed by atoms with Crippen LogP contribution in [0.15, 0.2) is 41.3 Å². The molecule has 0 spiro atoms. The van der Waals surface area contributed by atoms with Crippen molar-refractivity contribution in [3.05, 3.63) is 47.8 Å². The number of nitrogens with zero attached hydrogens (tertiary/aromatic N) is 2. The summed E-state index contributed by atoms with van der Waals surface area (Å²) in [6.07, 6.45) is 0.949. The van der Waals surface area contributed by atoms with Gasteiger partial charge in [-0.05, 0) is 55.8 Å². The van der Waals surface area contributed by atoms with Gasteiger partial charge in [0.15, 0.2) is 0 Å². The van der Waals surface area contributed by atoms with Crippen LogP contribution >= 0.6 is 0 Å². The number of nitrogens with one attached hydrogen (secondary N) is 1. The number of halogens is 1. The SMILES string of the molecule is CCCNc1cc(-c2ccc(S(=O)(=O)N3CCN(C)CC3)cc2)cc(F)c1C. The highest BCUT2D eigenvalue weighted by Crippen LogP contribution is 2.29. The normalized spacial score (nSPS) is 16.3. The molecule has 1 aliphatic rings. The second kappa shape index (κ2) is 8.59. The van der Waals surface area contributed by atoms with Gasteiger partial charge in [0, 0.05) is 44.0 Å². The molecule has 0 atom stereocenters. The molecule has 3 rings (SSSR count). The molecule has 28 heavy (non-hydrogen) atoms. The molecule has 7 heteroatoms. The van der Waals surface area contributed by atoms with E-state index in [1.165, 1.54) is 10.4 Å². The van der Waals surface area contributed by atoms with E-state index in [0.29, 0.717) is 18.7 Å². The van der Waals surface area contributed by atoms with Crippen molar-refractivity contribution in [3.63, 3.8) is 0 Å². The van der Waals surface area contributed by atoms with Crippen LogP contribution in [0.2, 0.25) is 0 Å². The molecule has 2 aromatic carbocycles. The lowest BCUT2D eigenvalue weighted by Gasteiger charge is -2.31. The Morgan fingerprint density at radius 1 is 1.04 bits per heavy atom. The van der Waals surface area contributed by atoms with Gasteiger partial charge in [-0.1, -0.05) is 19.1 Å². The molecule has 152 valence electrons. The maximum atomic E-state index is 14.3. The predicted molar refractivity (Wildman–Crippen MR) is 112 cm³/mol. The van der Waals surface area contributed by atoms with Gasteiger partial charge >= 0.3 is 0 Å². The van der Waals surface area contributed by atoms with E-state index in [2.05, 4.69) is 17.1 Å². The minimum Gasteiger partial charge on any atom is -0.385 e. The molecule has 1 saturated heterocycles. The smallest absolute Gasteiger partial charge is 0.243 e. The highest BCUT2D eigenvalue weighted by atomic mass is 32.2. The third-order valence-electron chi connectivity index (χ3n) is 5.20. The number of likely N-dealkylation sites (N-methyl/N-ethyl adjacent to an activating group) is 1. The van der Waals surface area contributed by atoms with E-state index in [1.807, 2.05) is 13.1 Å². The van der Waals surface area contributed by atoms with E-state index in [-0.39, 0.29) is 10.7 Å². The minimum absolute atomic E-state index is 0.273. The number of benzene rings is 2. The first-order valence-corrected chi connectivity index (χ1v) is 11.1. The van der Waals surface area contributed by atoms with Crippen molar-refractivity contribution in [2.45, 2.75) is 25.2 Å². The summed E-state index contributed by atoms with van der Waals surface area (Å²) in [4.78, 5) is 2.39. The third kappa shape index (κ3) is 4.37. The number of sulfonamides is 1.